The molecule has 2 aromatic rings. The number of aromatic nitrogens is 1. The lowest BCUT2D eigenvalue weighted by atomic mass is 10.1. The number of nitrogens with one attached hydrogen (secondary N) is 1. The summed E-state index contributed by atoms with van der Waals surface area (Å²) in [6.07, 6.45) is 4.69. The summed E-state index contributed by atoms with van der Waals surface area (Å²) in [5.74, 6) is -0.183. The first-order valence-electron chi connectivity index (χ1n) is 4.21. The molecular weight excluding hydrogens is 165 g/mol. The number of H-pyrrole nitrogens is 1. The molecule has 2 heteroatoms. The highest BCUT2D eigenvalue weighted by Gasteiger charge is 1.96. The minimum Gasteiger partial charge on any atom is -0.367 e. The smallest absolute Gasteiger partial charge is 0.123 e. The Kier molecular flexibility index (Phi) is 2.13. The first-order valence-corrected chi connectivity index (χ1v) is 4.21. The van der Waals surface area contributed by atoms with Gasteiger partial charge in [0, 0.05) is 12.4 Å². The van der Waals surface area contributed by atoms with Crippen LogP contribution >= 0.6 is 0 Å². The van der Waals surface area contributed by atoms with Crippen LogP contribution in [0.4, 0.5) is 4.39 Å². The molecule has 0 bridgehead atoms. The van der Waals surface area contributed by atoms with Crippen molar-refractivity contribution < 1.29 is 4.39 Å². The van der Waals surface area contributed by atoms with E-state index in [0.29, 0.717) is 0 Å². The summed E-state index contributed by atoms with van der Waals surface area (Å²) in [5.41, 5.74) is 2.34. The SMILES string of the molecule is Fc1ccc(Cc2cc[nH]c2)cc1. The highest BCUT2D eigenvalue weighted by atomic mass is 19.1. The van der Waals surface area contributed by atoms with Crippen LogP contribution in [0.2, 0.25) is 0 Å². The third-order valence-corrected chi connectivity index (χ3v) is 1.98. The average Bonchev–Trinajstić information content (AvgIpc) is 2.62. The monoisotopic (exact) mass is 175 g/mol. The predicted molar refractivity (Wildman–Crippen MR) is 50.0 cm³/mol. The lowest BCUT2D eigenvalue weighted by molar-refractivity contribution is 0.627. The number of rotatable bonds is 2. The molecule has 1 aromatic carbocycles. The minimum atomic E-state index is -0.183. The van der Waals surface area contributed by atoms with Crippen LogP contribution in [-0.4, -0.2) is 4.98 Å². The van der Waals surface area contributed by atoms with Gasteiger partial charge in [-0.05, 0) is 35.7 Å². The van der Waals surface area contributed by atoms with Crippen molar-refractivity contribution in [3.63, 3.8) is 0 Å². The fourth-order valence-electron chi connectivity index (χ4n) is 1.31. The first-order chi connectivity index (χ1) is 6.34. The van der Waals surface area contributed by atoms with E-state index in [2.05, 4.69) is 4.98 Å². The summed E-state index contributed by atoms with van der Waals surface area (Å²) >= 11 is 0. The standard InChI is InChI=1S/C11H10FN/c12-11-3-1-9(2-4-11)7-10-5-6-13-8-10/h1-6,8,13H,7H2. The summed E-state index contributed by atoms with van der Waals surface area (Å²) < 4.78 is 12.6. The van der Waals surface area contributed by atoms with Gasteiger partial charge in [-0.2, -0.15) is 0 Å². The fourth-order valence-corrected chi connectivity index (χ4v) is 1.31. The molecule has 0 saturated heterocycles. The van der Waals surface area contributed by atoms with Gasteiger partial charge >= 0.3 is 0 Å². The molecule has 0 aliphatic carbocycles. The van der Waals surface area contributed by atoms with Gasteiger partial charge in [-0.1, -0.05) is 12.1 Å². The quantitative estimate of drug-likeness (QED) is 0.722. The van der Waals surface area contributed by atoms with Crippen molar-refractivity contribution >= 4 is 0 Å². The van der Waals surface area contributed by atoms with E-state index in [9.17, 15) is 4.39 Å². The molecule has 0 fully saturated rings. The minimum absolute atomic E-state index is 0.183. The molecule has 0 amide bonds. The molecule has 66 valence electrons. The van der Waals surface area contributed by atoms with Crippen LogP contribution in [0, 0.1) is 5.82 Å². The topological polar surface area (TPSA) is 15.8 Å². The van der Waals surface area contributed by atoms with Crippen molar-refractivity contribution in [3.8, 4) is 0 Å². The number of hydrogen-bond donors (Lipinski definition) is 1. The van der Waals surface area contributed by atoms with Gasteiger partial charge in [0.25, 0.3) is 0 Å². The van der Waals surface area contributed by atoms with E-state index in [1.807, 2.05) is 30.6 Å². The van der Waals surface area contributed by atoms with Gasteiger partial charge in [-0.25, -0.2) is 4.39 Å². The van der Waals surface area contributed by atoms with E-state index < -0.39 is 0 Å². The molecule has 0 spiro atoms. The average molecular weight is 175 g/mol. The number of halogens is 1. The molecule has 2 rings (SSSR count). The molecular formula is C11H10FN. The number of aromatic amines is 1. The highest BCUT2D eigenvalue weighted by molar-refractivity contribution is 5.24. The van der Waals surface area contributed by atoms with Crippen molar-refractivity contribution in [1.82, 2.24) is 4.98 Å². The summed E-state index contributed by atoms with van der Waals surface area (Å²) in [4.78, 5) is 2.99. The van der Waals surface area contributed by atoms with Crippen molar-refractivity contribution in [2.24, 2.45) is 0 Å². The second-order valence-electron chi connectivity index (χ2n) is 3.02. The van der Waals surface area contributed by atoms with Gasteiger partial charge in [0.05, 0.1) is 0 Å². The van der Waals surface area contributed by atoms with Crippen LogP contribution in [0.1, 0.15) is 11.1 Å². The van der Waals surface area contributed by atoms with Crippen LogP contribution in [0.15, 0.2) is 42.7 Å². The summed E-state index contributed by atoms with van der Waals surface area (Å²) in [7, 11) is 0. The lowest BCUT2D eigenvalue weighted by Gasteiger charge is -1.97. The van der Waals surface area contributed by atoms with Crippen LogP contribution in [0.25, 0.3) is 0 Å². The largest absolute Gasteiger partial charge is 0.367 e. The van der Waals surface area contributed by atoms with E-state index in [1.54, 1.807) is 0 Å². The Bertz CT molecular complexity index is 361. The van der Waals surface area contributed by atoms with E-state index in [4.69, 9.17) is 0 Å². The number of benzene rings is 1. The zero-order chi connectivity index (χ0) is 9.10. The van der Waals surface area contributed by atoms with Crippen LogP contribution in [0.5, 0.6) is 0 Å². The molecule has 0 unspecified atom stereocenters. The Hall–Kier alpha value is -1.57. The zero-order valence-corrected chi connectivity index (χ0v) is 7.13. The maximum Gasteiger partial charge on any atom is 0.123 e. The van der Waals surface area contributed by atoms with Crippen LogP contribution in [0.3, 0.4) is 0 Å². The van der Waals surface area contributed by atoms with Crippen molar-refractivity contribution in [2.75, 3.05) is 0 Å². The van der Waals surface area contributed by atoms with Crippen molar-refractivity contribution in [1.29, 1.82) is 0 Å². The molecule has 0 saturated carbocycles. The van der Waals surface area contributed by atoms with Crippen molar-refractivity contribution in [2.45, 2.75) is 6.42 Å². The second kappa shape index (κ2) is 3.44. The van der Waals surface area contributed by atoms with E-state index in [-0.39, 0.29) is 5.82 Å². The molecule has 1 nitrogen and oxygen atoms in total. The molecule has 1 N–H and O–H groups in total. The normalized spacial score (nSPS) is 10.2. The second-order valence-corrected chi connectivity index (χ2v) is 3.02. The highest BCUT2D eigenvalue weighted by Crippen LogP contribution is 2.09. The maximum absolute atomic E-state index is 12.6. The van der Waals surface area contributed by atoms with E-state index in [1.165, 1.54) is 17.7 Å². The van der Waals surface area contributed by atoms with E-state index in [0.717, 1.165) is 12.0 Å². The summed E-state index contributed by atoms with van der Waals surface area (Å²) in [6.45, 7) is 0. The Morgan fingerprint density at radius 2 is 1.77 bits per heavy atom. The predicted octanol–water partition coefficient (Wildman–Crippen LogP) is 2.74. The third kappa shape index (κ3) is 1.96. The first kappa shape index (κ1) is 8.05. The third-order valence-electron chi connectivity index (χ3n) is 1.98. The van der Waals surface area contributed by atoms with E-state index >= 15 is 0 Å². The van der Waals surface area contributed by atoms with Gasteiger partial charge in [0.1, 0.15) is 5.82 Å². The molecule has 1 heterocycles. The Morgan fingerprint density at radius 3 is 2.38 bits per heavy atom. The molecule has 13 heavy (non-hydrogen) atoms. The maximum atomic E-state index is 12.6. The Morgan fingerprint density at radius 1 is 1.00 bits per heavy atom. The van der Waals surface area contributed by atoms with Gasteiger partial charge in [0.2, 0.25) is 0 Å². The van der Waals surface area contributed by atoms with Gasteiger partial charge in [0.15, 0.2) is 0 Å². The fraction of sp³-hybridized carbons (Fsp3) is 0.0909. The Labute approximate surface area is 76.2 Å². The Balaban J connectivity index is 2.15. The van der Waals surface area contributed by atoms with Gasteiger partial charge in [-0.3, -0.25) is 0 Å². The number of hydrogen-bond acceptors (Lipinski definition) is 0. The molecule has 0 radical (unpaired) electrons. The summed E-state index contributed by atoms with van der Waals surface area (Å²) in [5, 5.41) is 0. The summed E-state index contributed by atoms with van der Waals surface area (Å²) in [6, 6.07) is 8.61. The van der Waals surface area contributed by atoms with Gasteiger partial charge in [-0.15, -0.1) is 0 Å². The molecule has 0 aliphatic rings. The van der Waals surface area contributed by atoms with Gasteiger partial charge < -0.3 is 4.98 Å². The molecule has 0 atom stereocenters. The van der Waals surface area contributed by atoms with Crippen LogP contribution in [-0.2, 0) is 6.42 Å². The lowest BCUT2D eigenvalue weighted by Crippen LogP contribution is -1.85. The molecule has 1 aromatic heterocycles. The van der Waals surface area contributed by atoms with Crippen LogP contribution < -0.4 is 0 Å². The zero-order valence-electron chi connectivity index (χ0n) is 7.13. The van der Waals surface area contributed by atoms with Crippen molar-refractivity contribution in [3.05, 3.63) is 59.7 Å². The molecule has 0 aliphatic heterocycles.